The lowest BCUT2D eigenvalue weighted by molar-refractivity contribution is 0.448. The molecular weight excluding hydrogens is 224 g/mol. The molecule has 0 spiro atoms. The van der Waals surface area contributed by atoms with Gasteiger partial charge in [-0.1, -0.05) is 38.3 Å². The summed E-state index contributed by atoms with van der Waals surface area (Å²) in [7, 11) is 0. The molecule has 1 aromatic rings. The molecule has 1 aliphatic rings. The van der Waals surface area contributed by atoms with E-state index in [9.17, 15) is 0 Å². The van der Waals surface area contributed by atoms with Gasteiger partial charge in [0, 0.05) is 9.75 Å². The summed E-state index contributed by atoms with van der Waals surface area (Å²) in [4.78, 5) is 3.19. The molecule has 94 valence electrons. The van der Waals surface area contributed by atoms with Crippen LogP contribution in [0.25, 0.3) is 0 Å². The lowest BCUT2D eigenvalue weighted by atomic mass is 9.88. The normalized spacial score (nSPS) is 18.0. The molecule has 0 amide bonds. The van der Waals surface area contributed by atoms with Crippen LogP contribution in [0.2, 0.25) is 0 Å². The third-order valence-electron chi connectivity index (χ3n) is 3.79. The maximum atomic E-state index is 2.48. The Kier molecular flexibility index (Phi) is 4.85. The molecule has 0 atom stereocenters. The maximum absolute atomic E-state index is 2.48. The molecule has 0 bridgehead atoms. The van der Waals surface area contributed by atoms with Gasteiger partial charge >= 0.3 is 0 Å². The van der Waals surface area contributed by atoms with Gasteiger partial charge < -0.3 is 0 Å². The largest absolute Gasteiger partial charge is 0.145 e. The van der Waals surface area contributed by atoms with Gasteiger partial charge in [0.15, 0.2) is 0 Å². The molecule has 0 aliphatic heterocycles. The van der Waals surface area contributed by atoms with Crippen molar-refractivity contribution in [3.63, 3.8) is 0 Å². The third kappa shape index (κ3) is 3.45. The first-order valence-corrected chi connectivity index (χ1v) is 7.87. The summed E-state index contributed by atoms with van der Waals surface area (Å²) in [6.45, 7) is 4.48. The first kappa shape index (κ1) is 12.9. The van der Waals surface area contributed by atoms with E-state index >= 15 is 0 Å². The zero-order valence-corrected chi connectivity index (χ0v) is 12.0. The molecule has 17 heavy (non-hydrogen) atoms. The number of hydrogen-bond donors (Lipinski definition) is 0. The molecule has 0 aromatic carbocycles. The standard InChI is InChI=1S/C16H24S/c1-3-4-6-11-15-12-16(17-13(15)2)14-9-7-5-8-10-14/h4,6,12,14H,3,5,7-11H2,1-2H3. The van der Waals surface area contributed by atoms with Crippen LogP contribution in [-0.4, -0.2) is 0 Å². The third-order valence-corrected chi connectivity index (χ3v) is 5.04. The minimum absolute atomic E-state index is 0.872. The van der Waals surface area contributed by atoms with E-state index in [0.717, 1.165) is 18.8 Å². The highest BCUT2D eigenvalue weighted by atomic mass is 32.1. The lowest BCUT2D eigenvalue weighted by Crippen LogP contribution is -2.02. The van der Waals surface area contributed by atoms with Crippen LogP contribution in [0.15, 0.2) is 18.2 Å². The predicted octanol–water partition coefficient (Wildman–Crippen LogP) is 5.61. The average molecular weight is 248 g/mol. The summed E-state index contributed by atoms with van der Waals surface area (Å²) in [5, 5.41) is 0. The highest BCUT2D eigenvalue weighted by Gasteiger charge is 2.18. The van der Waals surface area contributed by atoms with E-state index in [1.54, 1.807) is 10.4 Å². The summed E-state index contributed by atoms with van der Waals surface area (Å²) >= 11 is 2.05. The Morgan fingerprint density at radius 1 is 1.24 bits per heavy atom. The highest BCUT2D eigenvalue weighted by molar-refractivity contribution is 7.12. The summed E-state index contributed by atoms with van der Waals surface area (Å²) < 4.78 is 0. The summed E-state index contributed by atoms with van der Waals surface area (Å²) in [5.74, 6) is 0.872. The van der Waals surface area contributed by atoms with Crippen molar-refractivity contribution in [2.75, 3.05) is 0 Å². The van der Waals surface area contributed by atoms with Crippen LogP contribution >= 0.6 is 11.3 Å². The van der Waals surface area contributed by atoms with E-state index in [4.69, 9.17) is 0 Å². The molecule has 0 N–H and O–H groups in total. The van der Waals surface area contributed by atoms with Gasteiger partial charge in [0.05, 0.1) is 0 Å². The first-order valence-electron chi connectivity index (χ1n) is 7.05. The fraction of sp³-hybridized carbons (Fsp3) is 0.625. The van der Waals surface area contributed by atoms with Crippen molar-refractivity contribution in [2.24, 2.45) is 0 Å². The monoisotopic (exact) mass is 248 g/mol. The SMILES string of the molecule is CCC=CCc1cc(C2CCCCC2)sc1C. The molecule has 2 rings (SSSR count). The Balaban J connectivity index is 2.03. The number of hydrogen-bond acceptors (Lipinski definition) is 1. The summed E-state index contributed by atoms with van der Waals surface area (Å²) in [6.07, 6.45) is 14.0. The Labute approximate surface area is 110 Å². The van der Waals surface area contributed by atoms with Gasteiger partial charge in [0.1, 0.15) is 0 Å². The maximum Gasteiger partial charge on any atom is 0.00819 e. The fourth-order valence-corrected chi connectivity index (χ4v) is 3.94. The Morgan fingerprint density at radius 2 is 2.00 bits per heavy atom. The Bertz CT molecular complexity index is 367. The van der Waals surface area contributed by atoms with Crippen LogP contribution in [0.1, 0.15) is 66.7 Å². The van der Waals surface area contributed by atoms with Crippen LogP contribution in [0.4, 0.5) is 0 Å². The van der Waals surface area contributed by atoms with Crippen LogP contribution in [-0.2, 0) is 6.42 Å². The number of thiophene rings is 1. The summed E-state index contributed by atoms with van der Waals surface area (Å²) in [6, 6.07) is 2.48. The number of rotatable bonds is 4. The number of aryl methyl sites for hydroxylation is 1. The fourth-order valence-electron chi connectivity index (χ4n) is 2.71. The molecule has 0 radical (unpaired) electrons. The second-order valence-electron chi connectivity index (χ2n) is 5.15. The lowest BCUT2D eigenvalue weighted by Gasteiger charge is -2.19. The van der Waals surface area contributed by atoms with Gasteiger partial charge in [-0.15, -0.1) is 11.3 Å². The molecular formula is C16H24S. The molecule has 1 aromatic heterocycles. The van der Waals surface area contributed by atoms with Crippen molar-refractivity contribution in [3.8, 4) is 0 Å². The zero-order valence-electron chi connectivity index (χ0n) is 11.2. The van der Waals surface area contributed by atoms with E-state index < -0.39 is 0 Å². The first-order chi connectivity index (χ1) is 8.31. The van der Waals surface area contributed by atoms with Gasteiger partial charge in [0.25, 0.3) is 0 Å². The topological polar surface area (TPSA) is 0 Å². The molecule has 1 saturated carbocycles. The van der Waals surface area contributed by atoms with E-state index in [1.807, 2.05) is 11.3 Å². The second-order valence-corrected chi connectivity index (χ2v) is 6.44. The van der Waals surface area contributed by atoms with Crippen molar-refractivity contribution in [1.82, 2.24) is 0 Å². The van der Waals surface area contributed by atoms with Gasteiger partial charge in [-0.25, -0.2) is 0 Å². The van der Waals surface area contributed by atoms with Crippen molar-refractivity contribution in [3.05, 3.63) is 33.5 Å². The molecule has 1 heteroatoms. The van der Waals surface area contributed by atoms with E-state index in [0.29, 0.717) is 0 Å². The molecule has 1 heterocycles. The minimum Gasteiger partial charge on any atom is -0.145 e. The van der Waals surface area contributed by atoms with E-state index in [1.165, 1.54) is 37.0 Å². The average Bonchev–Trinajstić information content (AvgIpc) is 2.73. The van der Waals surface area contributed by atoms with Gasteiger partial charge in [-0.05, 0) is 50.2 Å². The minimum atomic E-state index is 0.872. The van der Waals surface area contributed by atoms with Gasteiger partial charge in [-0.2, -0.15) is 0 Å². The van der Waals surface area contributed by atoms with Crippen molar-refractivity contribution in [2.45, 2.75) is 64.7 Å². The Morgan fingerprint density at radius 3 is 2.71 bits per heavy atom. The quantitative estimate of drug-likeness (QED) is 0.607. The van der Waals surface area contributed by atoms with Crippen molar-refractivity contribution < 1.29 is 0 Å². The molecule has 1 aliphatic carbocycles. The molecule has 0 nitrogen and oxygen atoms in total. The molecule has 0 unspecified atom stereocenters. The van der Waals surface area contributed by atoms with E-state index in [2.05, 4.69) is 32.1 Å². The molecule has 0 saturated heterocycles. The van der Waals surface area contributed by atoms with Crippen molar-refractivity contribution in [1.29, 1.82) is 0 Å². The predicted molar refractivity (Wildman–Crippen MR) is 78.0 cm³/mol. The number of allylic oxidation sites excluding steroid dienone is 2. The van der Waals surface area contributed by atoms with Crippen LogP contribution < -0.4 is 0 Å². The smallest absolute Gasteiger partial charge is 0.00819 e. The summed E-state index contributed by atoms with van der Waals surface area (Å²) in [5.41, 5.74) is 1.56. The van der Waals surface area contributed by atoms with Crippen LogP contribution in [0.3, 0.4) is 0 Å². The van der Waals surface area contributed by atoms with Crippen molar-refractivity contribution >= 4 is 11.3 Å². The highest BCUT2D eigenvalue weighted by Crippen LogP contribution is 2.37. The van der Waals surface area contributed by atoms with Gasteiger partial charge in [-0.3, -0.25) is 0 Å². The van der Waals surface area contributed by atoms with E-state index in [-0.39, 0.29) is 0 Å². The molecule has 1 fully saturated rings. The second kappa shape index (κ2) is 6.39. The van der Waals surface area contributed by atoms with Crippen LogP contribution in [0.5, 0.6) is 0 Å². The van der Waals surface area contributed by atoms with Crippen LogP contribution in [0, 0.1) is 6.92 Å². The zero-order chi connectivity index (χ0) is 12.1. The van der Waals surface area contributed by atoms with Gasteiger partial charge in [0.2, 0.25) is 0 Å². The Hall–Kier alpha value is -0.560.